The van der Waals surface area contributed by atoms with E-state index in [1.807, 2.05) is 4.90 Å². The van der Waals surface area contributed by atoms with Crippen molar-refractivity contribution in [3.63, 3.8) is 0 Å². The summed E-state index contributed by atoms with van der Waals surface area (Å²) in [7, 11) is 1.59. The second kappa shape index (κ2) is 6.67. The molecule has 2 aromatic rings. The third-order valence-electron chi connectivity index (χ3n) is 4.70. The molecule has 2 aromatic heterocycles. The van der Waals surface area contributed by atoms with Gasteiger partial charge in [-0.2, -0.15) is 4.98 Å². The lowest BCUT2D eigenvalue weighted by molar-refractivity contribution is -0.134. The number of nitrogens with one attached hydrogen (secondary N) is 2. The van der Waals surface area contributed by atoms with Crippen LogP contribution in [-0.2, 0) is 11.2 Å². The van der Waals surface area contributed by atoms with Gasteiger partial charge < -0.3 is 24.8 Å². The number of methoxy groups -OCH3 is 1. The van der Waals surface area contributed by atoms with Gasteiger partial charge in [0.15, 0.2) is 0 Å². The maximum absolute atomic E-state index is 12.9. The lowest BCUT2D eigenvalue weighted by Crippen LogP contribution is -2.52. The van der Waals surface area contributed by atoms with Crippen molar-refractivity contribution >= 4 is 11.9 Å². The standard InChI is InChI=1S/C16H21N7O2/c1-25-12-3-5-18-16(21-12)23-8-6-22(7-9-23)15(24)14-13-11(2-4-17-14)19-10-20-13/h3,5,10,14,17H,2,4,6-9H2,1H3,(H,19,20)/t14-/m1/s1. The molecule has 4 heterocycles. The van der Waals surface area contributed by atoms with Crippen molar-refractivity contribution in [1.82, 2.24) is 30.2 Å². The van der Waals surface area contributed by atoms with Gasteiger partial charge in [-0.1, -0.05) is 0 Å². The van der Waals surface area contributed by atoms with Crippen LogP contribution in [0.5, 0.6) is 5.88 Å². The molecule has 2 aliphatic heterocycles. The molecule has 0 saturated carbocycles. The smallest absolute Gasteiger partial charge is 0.246 e. The van der Waals surface area contributed by atoms with Crippen molar-refractivity contribution in [2.45, 2.75) is 12.5 Å². The van der Waals surface area contributed by atoms with E-state index < -0.39 is 0 Å². The minimum absolute atomic E-state index is 0.0826. The molecule has 0 unspecified atom stereocenters. The van der Waals surface area contributed by atoms with E-state index >= 15 is 0 Å². The number of aromatic nitrogens is 4. The molecule has 2 aliphatic rings. The predicted octanol–water partition coefficient (Wildman–Crippen LogP) is -0.256. The molecule has 4 rings (SSSR count). The first-order valence-corrected chi connectivity index (χ1v) is 8.42. The molecule has 9 nitrogen and oxygen atoms in total. The third kappa shape index (κ3) is 3.02. The monoisotopic (exact) mass is 343 g/mol. The van der Waals surface area contributed by atoms with Crippen LogP contribution in [0.15, 0.2) is 18.6 Å². The molecular formula is C16H21N7O2. The van der Waals surface area contributed by atoms with Crippen LogP contribution < -0.4 is 15.0 Å². The Hall–Kier alpha value is -2.68. The highest BCUT2D eigenvalue weighted by atomic mass is 16.5. The molecule has 132 valence electrons. The van der Waals surface area contributed by atoms with Gasteiger partial charge in [-0.15, -0.1) is 0 Å². The highest BCUT2D eigenvalue weighted by Gasteiger charge is 2.33. The van der Waals surface area contributed by atoms with Crippen LogP contribution in [0, 0.1) is 0 Å². The van der Waals surface area contributed by atoms with Gasteiger partial charge in [0.05, 0.1) is 19.1 Å². The molecule has 9 heteroatoms. The summed E-state index contributed by atoms with van der Waals surface area (Å²) in [5.41, 5.74) is 1.88. The van der Waals surface area contributed by atoms with E-state index in [4.69, 9.17) is 4.74 Å². The number of hydrogen-bond acceptors (Lipinski definition) is 7. The van der Waals surface area contributed by atoms with E-state index in [0.29, 0.717) is 38.0 Å². The number of imidazole rings is 1. The first-order valence-electron chi connectivity index (χ1n) is 8.42. The first-order chi connectivity index (χ1) is 12.3. The van der Waals surface area contributed by atoms with Gasteiger partial charge in [0, 0.05) is 57.1 Å². The van der Waals surface area contributed by atoms with E-state index in [0.717, 1.165) is 24.4 Å². The number of nitrogens with zero attached hydrogens (tertiary/aromatic N) is 5. The Morgan fingerprint density at radius 2 is 2.12 bits per heavy atom. The van der Waals surface area contributed by atoms with Crippen molar-refractivity contribution in [2.24, 2.45) is 0 Å². The van der Waals surface area contributed by atoms with Crippen LogP contribution in [0.2, 0.25) is 0 Å². The van der Waals surface area contributed by atoms with Crippen LogP contribution in [0.25, 0.3) is 0 Å². The van der Waals surface area contributed by atoms with Gasteiger partial charge in [-0.05, 0) is 0 Å². The van der Waals surface area contributed by atoms with Crippen LogP contribution in [0.1, 0.15) is 17.4 Å². The number of carbonyl (C=O) groups excluding carboxylic acids is 1. The van der Waals surface area contributed by atoms with Gasteiger partial charge in [-0.3, -0.25) is 4.79 Å². The number of piperazine rings is 1. The molecule has 0 bridgehead atoms. The normalized spacial score (nSPS) is 20.3. The van der Waals surface area contributed by atoms with E-state index in [9.17, 15) is 4.79 Å². The van der Waals surface area contributed by atoms with Crippen LogP contribution in [0.4, 0.5) is 5.95 Å². The molecule has 0 aromatic carbocycles. The zero-order valence-electron chi connectivity index (χ0n) is 14.1. The fraction of sp³-hybridized carbons (Fsp3) is 0.500. The summed E-state index contributed by atoms with van der Waals surface area (Å²) in [4.78, 5) is 33.0. The zero-order valence-corrected chi connectivity index (χ0v) is 14.1. The first kappa shape index (κ1) is 15.8. The maximum atomic E-state index is 12.9. The molecule has 1 saturated heterocycles. The second-order valence-electron chi connectivity index (χ2n) is 6.11. The van der Waals surface area contributed by atoms with Crippen LogP contribution >= 0.6 is 0 Å². The Bertz CT molecular complexity index is 754. The Morgan fingerprint density at radius 1 is 1.28 bits per heavy atom. The van der Waals surface area contributed by atoms with Gasteiger partial charge in [-0.25, -0.2) is 9.97 Å². The van der Waals surface area contributed by atoms with Crippen molar-refractivity contribution in [1.29, 1.82) is 0 Å². The average molecular weight is 343 g/mol. The quantitative estimate of drug-likeness (QED) is 0.792. The van der Waals surface area contributed by atoms with Gasteiger partial charge in [0.1, 0.15) is 6.04 Å². The number of anilines is 1. The highest BCUT2D eigenvalue weighted by molar-refractivity contribution is 5.83. The lowest BCUT2D eigenvalue weighted by atomic mass is 10.0. The Morgan fingerprint density at radius 3 is 2.92 bits per heavy atom. The number of carbonyl (C=O) groups is 1. The lowest BCUT2D eigenvalue weighted by Gasteiger charge is -2.37. The second-order valence-corrected chi connectivity index (χ2v) is 6.11. The van der Waals surface area contributed by atoms with Gasteiger partial charge in [0.2, 0.25) is 17.7 Å². The van der Waals surface area contributed by atoms with Crippen molar-refractivity contribution in [2.75, 3.05) is 44.7 Å². The largest absolute Gasteiger partial charge is 0.481 e. The zero-order chi connectivity index (χ0) is 17.2. The minimum Gasteiger partial charge on any atom is -0.481 e. The molecule has 1 amide bonds. The van der Waals surface area contributed by atoms with Crippen LogP contribution in [-0.4, -0.2) is 70.6 Å². The summed E-state index contributed by atoms with van der Waals surface area (Å²) in [6.07, 6.45) is 4.22. The van der Waals surface area contributed by atoms with E-state index in [1.165, 1.54) is 0 Å². The Labute approximate surface area is 145 Å². The number of amides is 1. The fourth-order valence-corrected chi connectivity index (χ4v) is 3.33. The molecular weight excluding hydrogens is 322 g/mol. The summed E-state index contributed by atoms with van der Waals surface area (Å²) in [5, 5.41) is 3.29. The molecule has 1 fully saturated rings. The minimum atomic E-state index is -0.352. The molecule has 0 radical (unpaired) electrons. The Balaban J connectivity index is 1.41. The van der Waals surface area contributed by atoms with E-state index in [1.54, 1.807) is 25.7 Å². The van der Waals surface area contributed by atoms with E-state index in [2.05, 4.69) is 30.2 Å². The summed E-state index contributed by atoms with van der Waals surface area (Å²) in [5.74, 6) is 1.26. The number of ether oxygens (including phenoxy) is 1. The number of hydrogen-bond donors (Lipinski definition) is 2. The SMILES string of the molecule is COc1ccnc(N2CCN(C(=O)[C@@H]3NCCc4[nH]cnc43)CC2)n1. The van der Waals surface area contributed by atoms with Crippen molar-refractivity contribution < 1.29 is 9.53 Å². The maximum Gasteiger partial charge on any atom is 0.246 e. The van der Waals surface area contributed by atoms with Crippen molar-refractivity contribution in [3.8, 4) is 5.88 Å². The summed E-state index contributed by atoms with van der Waals surface area (Å²) in [6, 6.07) is 1.37. The topological polar surface area (TPSA) is 99.3 Å². The molecule has 1 atom stereocenters. The molecule has 0 spiro atoms. The summed E-state index contributed by atoms with van der Waals surface area (Å²) < 4.78 is 5.15. The number of rotatable bonds is 3. The summed E-state index contributed by atoms with van der Waals surface area (Å²) >= 11 is 0. The predicted molar refractivity (Wildman–Crippen MR) is 90.4 cm³/mol. The molecule has 2 N–H and O–H groups in total. The number of aromatic amines is 1. The highest BCUT2D eigenvalue weighted by Crippen LogP contribution is 2.22. The van der Waals surface area contributed by atoms with Gasteiger partial charge >= 0.3 is 0 Å². The van der Waals surface area contributed by atoms with E-state index in [-0.39, 0.29) is 11.9 Å². The molecule has 0 aliphatic carbocycles. The fourth-order valence-electron chi connectivity index (χ4n) is 3.33. The average Bonchev–Trinajstić information content (AvgIpc) is 3.16. The van der Waals surface area contributed by atoms with Crippen LogP contribution in [0.3, 0.4) is 0 Å². The number of H-pyrrole nitrogens is 1. The number of fused-ring (bicyclic) bond motifs is 1. The summed E-state index contributed by atoms with van der Waals surface area (Å²) in [6.45, 7) is 3.44. The Kier molecular flexibility index (Phi) is 4.22. The van der Waals surface area contributed by atoms with Gasteiger partial charge in [0.25, 0.3) is 0 Å². The molecule has 25 heavy (non-hydrogen) atoms. The third-order valence-corrected chi connectivity index (χ3v) is 4.70. The van der Waals surface area contributed by atoms with Crippen molar-refractivity contribution in [3.05, 3.63) is 30.0 Å².